The lowest BCUT2D eigenvalue weighted by Crippen LogP contribution is -2.54. The molecule has 1 amide bonds. The van der Waals surface area contributed by atoms with E-state index in [9.17, 15) is 4.79 Å². The lowest BCUT2D eigenvalue weighted by atomic mass is 10.00. The van der Waals surface area contributed by atoms with E-state index in [1.54, 1.807) is 25.1 Å². The van der Waals surface area contributed by atoms with Gasteiger partial charge in [-0.1, -0.05) is 23.2 Å². The Kier molecular flexibility index (Phi) is 5.73. The number of hydrogen-bond donors (Lipinski definition) is 2. The van der Waals surface area contributed by atoms with E-state index in [0.29, 0.717) is 15.8 Å². The zero-order chi connectivity index (χ0) is 15.4. The first-order valence-electron chi connectivity index (χ1n) is 7.12. The highest BCUT2D eigenvalue weighted by Gasteiger charge is 2.25. The molecular weight excluding hydrogens is 311 g/mol. The molecule has 21 heavy (non-hydrogen) atoms. The van der Waals surface area contributed by atoms with Crippen LogP contribution in [0, 0.1) is 0 Å². The predicted octanol–water partition coefficient (Wildman–Crippen LogP) is 3.02. The first-order valence-corrected chi connectivity index (χ1v) is 7.88. The molecule has 3 atom stereocenters. The maximum absolute atomic E-state index is 12.2. The summed E-state index contributed by atoms with van der Waals surface area (Å²) >= 11 is 11.8. The second-order valence-corrected chi connectivity index (χ2v) is 6.24. The number of piperidine rings is 1. The van der Waals surface area contributed by atoms with Crippen molar-refractivity contribution in [1.29, 1.82) is 0 Å². The predicted molar refractivity (Wildman–Crippen MR) is 85.2 cm³/mol. The van der Waals surface area contributed by atoms with Crippen LogP contribution in [0.25, 0.3) is 0 Å². The minimum atomic E-state index is -0.603. The highest BCUT2D eigenvalue weighted by atomic mass is 35.5. The van der Waals surface area contributed by atoms with Crippen LogP contribution in [-0.4, -0.2) is 30.6 Å². The van der Waals surface area contributed by atoms with Crippen LogP contribution >= 0.6 is 23.2 Å². The van der Waals surface area contributed by atoms with Crippen LogP contribution in [0.4, 0.5) is 0 Å². The molecular formula is C15H20Cl2N2O2. The third kappa shape index (κ3) is 4.77. The monoisotopic (exact) mass is 330 g/mol. The quantitative estimate of drug-likeness (QED) is 0.892. The van der Waals surface area contributed by atoms with Crippen molar-refractivity contribution < 1.29 is 9.53 Å². The van der Waals surface area contributed by atoms with Gasteiger partial charge < -0.3 is 15.4 Å². The van der Waals surface area contributed by atoms with E-state index in [-0.39, 0.29) is 18.0 Å². The third-order valence-corrected chi connectivity index (χ3v) is 4.04. The molecule has 2 N–H and O–H groups in total. The van der Waals surface area contributed by atoms with Crippen LogP contribution in [0.3, 0.4) is 0 Å². The fourth-order valence-corrected chi connectivity index (χ4v) is 2.90. The largest absolute Gasteiger partial charge is 0.481 e. The summed E-state index contributed by atoms with van der Waals surface area (Å²) in [5.74, 6) is 0.358. The van der Waals surface area contributed by atoms with Gasteiger partial charge in [0.1, 0.15) is 5.75 Å². The SMILES string of the molecule is CC(Oc1cc(Cl)cc(Cl)c1)C(=O)NC1CCCNC1C. The van der Waals surface area contributed by atoms with Gasteiger partial charge in [0, 0.05) is 22.1 Å². The Hall–Kier alpha value is -0.970. The van der Waals surface area contributed by atoms with E-state index in [2.05, 4.69) is 17.6 Å². The average Bonchev–Trinajstić information content (AvgIpc) is 2.40. The van der Waals surface area contributed by atoms with Crippen molar-refractivity contribution in [3.63, 3.8) is 0 Å². The van der Waals surface area contributed by atoms with E-state index >= 15 is 0 Å². The Labute approximate surface area is 135 Å². The summed E-state index contributed by atoms with van der Waals surface area (Å²) in [6, 6.07) is 5.32. The molecule has 1 fully saturated rings. The Balaban J connectivity index is 1.92. The highest BCUT2D eigenvalue weighted by molar-refractivity contribution is 6.34. The summed E-state index contributed by atoms with van der Waals surface area (Å²) < 4.78 is 5.61. The molecule has 0 saturated carbocycles. The zero-order valence-electron chi connectivity index (χ0n) is 12.2. The molecule has 3 unspecified atom stereocenters. The van der Waals surface area contributed by atoms with Gasteiger partial charge in [-0.3, -0.25) is 4.79 Å². The first kappa shape index (κ1) is 16.4. The Morgan fingerprint density at radius 3 is 2.67 bits per heavy atom. The smallest absolute Gasteiger partial charge is 0.261 e. The van der Waals surface area contributed by atoms with E-state index in [0.717, 1.165) is 19.4 Å². The fourth-order valence-electron chi connectivity index (χ4n) is 2.40. The second-order valence-electron chi connectivity index (χ2n) is 5.37. The van der Waals surface area contributed by atoms with Gasteiger partial charge in [0.2, 0.25) is 0 Å². The Morgan fingerprint density at radius 1 is 1.38 bits per heavy atom. The Morgan fingerprint density at radius 2 is 2.05 bits per heavy atom. The molecule has 4 nitrogen and oxygen atoms in total. The maximum atomic E-state index is 12.2. The van der Waals surface area contributed by atoms with Gasteiger partial charge in [0.05, 0.1) is 0 Å². The van der Waals surface area contributed by atoms with Crippen molar-refractivity contribution in [2.75, 3.05) is 6.54 Å². The van der Waals surface area contributed by atoms with E-state index in [1.165, 1.54) is 0 Å². The molecule has 1 saturated heterocycles. The van der Waals surface area contributed by atoms with Crippen LogP contribution in [0.5, 0.6) is 5.75 Å². The number of nitrogens with one attached hydrogen (secondary N) is 2. The summed E-state index contributed by atoms with van der Waals surface area (Å²) in [6.07, 6.45) is 1.44. The number of ether oxygens (including phenoxy) is 1. The van der Waals surface area contributed by atoms with Crippen molar-refractivity contribution in [2.24, 2.45) is 0 Å². The molecule has 1 heterocycles. The van der Waals surface area contributed by atoms with Gasteiger partial charge in [-0.05, 0) is 51.4 Å². The Bertz CT molecular complexity index is 490. The molecule has 116 valence electrons. The van der Waals surface area contributed by atoms with Crippen molar-refractivity contribution in [2.45, 2.75) is 44.9 Å². The average molecular weight is 331 g/mol. The second kappa shape index (κ2) is 7.34. The number of carbonyl (C=O) groups is 1. The molecule has 0 aliphatic carbocycles. The van der Waals surface area contributed by atoms with E-state index in [1.807, 2.05) is 0 Å². The van der Waals surface area contributed by atoms with Crippen LogP contribution in [0.2, 0.25) is 10.0 Å². The molecule has 1 aromatic carbocycles. The minimum Gasteiger partial charge on any atom is -0.481 e. The van der Waals surface area contributed by atoms with Gasteiger partial charge in [-0.25, -0.2) is 0 Å². The van der Waals surface area contributed by atoms with E-state index < -0.39 is 6.10 Å². The zero-order valence-corrected chi connectivity index (χ0v) is 13.7. The summed E-state index contributed by atoms with van der Waals surface area (Å²) in [4.78, 5) is 12.2. The number of halogens is 2. The third-order valence-electron chi connectivity index (χ3n) is 3.61. The summed E-state index contributed by atoms with van der Waals surface area (Å²) in [5.41, 5.74) is 0. The van der Waals surface area contributed by atoms with Crippen molar-refractivity contribution in [3.05, 3.63) is 28.2 Å². The molecule has 0 bridgehead atoms. The first-order chi connectivity index (χ1) is 9.95. The molecule has 0 aromatic heterocycles. The lowest BCUT2D eigenvalue weighted by molar-refractivity contribution is -0.128. The number of rotatable bonds is 4. The van der Waals surface area contributed by atoms with Crippen LogP contribution in [0.1, 0.15) is 26.7 Å². The molecule has 0 radical (unpaired) electrons. The maximum Gasteiger partial charge on any atom is 0.261 e. The number of carbonyl (C=O) groups excluding carboxylic acids is 1. The van der Waals surface area contributed by atoms with Crippen molar-refractivity contribution >= 4 is 29.1 Å². The van der Waals surface area contributed by atoms with E-state index in [4.69, 9.17) is 27.9 Å². The summed E-state index contributed by atoms with van der Waals surface area (Å²) in [6.45, 7) is 4.79. The molecule has 1 aliphatic heterocycles. The van der Waals surface area contributed by atoms with Crippen LogP contribution < -0.4 is 15.4 Å². The molecule has 1 aromatic rings. The molecule has 0 spiro atoms. The number of amides is 1. The molecule has 1 aliphatic rings. The summed E-state index contributed by atoms with van der Waals surface area (Å²) in [7, 11) is 0. The molecule has 6 heteroatoms. The van der Waals surface area contributed by atoms with Gasteiger partial charge in [-0.15, -0.1) is 0 Å². The fraction of sp³-hybridized carbons (Fsp3) is 0.533. The van der Waals surface area contributed by atoms with Gasteiger partial charge in [0.15, 0.2) is 6.10 Å². The number of hydrogen-bond acceptors (Lipinski definition) is 3. The highest BCUT2D eigenvalue weighted by Crippen LogP contribution is 2.25. The van der Waals surface area contributed by atoms with Crippen LogP contribution in [0.15, 0.2) is 18.2 Å². The van der Waals surface area contributed by atoms with Crippen LogP contribution in [-0.2, 0) is 4.79 Å². The van der Waals surface area contributed by atoms with Crippen molar-refractivity contribution in [1.82, 2.24) is 10.6 Å². The summed E-state index contributed by atoms with van der Waals surface area (Å²) in [5, 5.41) is 7.34. The normalized spacial score (nSPS) is 23.4. The standard InChI is InChI=1S/C15H20Cl2N2O2/c1-9-14(4-3-5-18-9)19-15(20)10(2)21-13-7-11(16)6-12(17)8-13/h6-10,14,18H,3-5H2,1-2H3,(H,19,20). The van der Waals surface area contributed by atoms with Gasteiger partial charge in [0.25, 0.3) is 5.91 Å². The lowest BCUT2D eigenvalue weighted by Gasteiger charge is -2.31. The minimum absolute atomic E-state index is 0.133. The van der Waals surface area contributed by atoms with Gasteiger partial charge >= 0.3 is 0 Å². The molecule has 2 rings (SSSR count). The number of benzene rings is 1. The topological polar surface area (TPSA) is 50.4 Å². The van der Waals surface area contributed by atoms with Gasteiger partial charge in [-0.2, -0.15) is 0 Å². The van der Waals surface area contributed by atoms with Crippen molar-refractivity contribution in [3.8, 4) is 5.75 Å².